The number of rotatable bonds is 4. The van der Waals surface area contributed by atoms with Crippen LogP contribution in [0.25, 0.3) is 10.8 Å². The molecule has 2 saturated carbocycles. The Kier molecular flexibility index (Phi) is 7.90. The zero-order chi connectivity index (χ0) is 34.1. The molecule has 1 N–H and O–H groups in total. The number of aryl methyl sites for hydroxylation is 1. The van der Waals surface area contributed by atoms with Gasteiger partial charge in [-0.15, -0.1) is 6.42 Å². The lowest BCUT2D eigenvalue weighted by molar-refractivity contribution is -0.135. The van der Waals surface area contributed by atoms with Crippen LogP contribution < -0.4 is 9.64 Å². The Labute approximate surface area is 288 Å². The van der Waals surface area contributed by atoms with Gasteiger partial charge in [-0.05, 0) is 110 Å². The van der Waals surface area contributed by atoms with E-state index < -0.39 is 11.6 Å². The minimum atomic E-state index is -1.01. The molecule has 5 aliphatic rings. The Morgan fingerprint density at radius 1 is 0.980 bits per heavy atom. The molecule has 2 amide bonds. The highest BCUT2D eigenvalue weighted by molar-refractivity contribution is 6.08. The van der Waals surface area contributed by atoms with Gasteiger partial charge in [0.2, 0.25) is 5.91 Å². The van der Waals surface area contributed by atoms with Crippen molar-refractivity contribution in [2.75, 3.05) is 44.7 Å². The van der Waals surface area contributed by atoms with Crippen LogP contribution in [0.2, 0.25) is 0 Å². The topological polar surface area (TPSA) is 73.3 Å². The molecule has 8 rings (SSSR count). The Hall–Kier alpha value is -4.09. The van der Waals surface area contributed by atoms with Crippen molar-refractivity contribution in [3.63, 3.8) is 0 Å². The lowest BCUT2D eigenvalue weighted by Gasteiger charge is -2.52. The van der Waals surface area contributed by atoms with E-state index >= 15 is 0 Å². The predicted octanol–water partition coefficient (Wildman–Crippen LogP) is 6.16. The molecule has 0 bridgehead atoms. The smallest absolute Gasteiger partial charge is 0.255 e. The number of aliphatic hydroxyl groups is 1. The number of fused-ring (bicyclic) bond motifs is 6. The maximum atomic E-state index is 14.5. The summed E-state index contributed by atoms with van der Waals surface area (Å²) >= 11 is 0. The molecule has 3 aromatic carbocycles. The Bertz CT molecular complexity index is 1860. The van der Waals surface area contributed by atoms with Crippen LogP contribution >= 0.6 is 0 Å². The van der Waals surface area contributed by atoms with Gasteiger partial charge in [0.1, 0.15) is 23.2 Å². The number of anilines is 1. The number of amides is 2. The van der Waals surface area contributed by atoms with Crippen LogP contribution in [0.4, 0.5) is 10.1 Å². The minimum absolute atomic E-state index is 0.00842. The van der Waals surface area contributed by atoms with Crippen LogP contribution in [0.1, 0.15) is 79.3 Å². The fourth-order valence-corrected chi connectivity index (χ4v) is 10.5. The first kappa shape index (κ1) is 32.1. The molecule has 0 unspecified atom stereocenters. The molecule has 0 aromatic heterocycles. The third-order valence-electron chi connectivity index (χ3n) is 13.2. The van der Waals surface area contributed by atoms with Gasteiger partial charge >= 0.3 is 0 Å². The highest BCUT2D eigenvalue weighted by Crippen LogP contribution is 2.64. The molecule has 4 fully saturated rings. The van der Waals surface area contributed by atoms with E-state index in [0.717, 1.165) is 50.0 Å². The zero-order valence-corrected chi connectivity index (χ0v) is 28.6. The van der Waals surface area contributed by atoms with E-state index in [2.05, 4.69) is 29.9 Å². The van der Waals surface area contributed by atoms with E-state index in [1.807, 2.05) is 4.90 Å². The Morgan fingerprint density at radius 2 is 1.76 bits per heavy atom. The molecule has 0 radical (unpaired) electrons. The molecule has 49 heavy (non-hydrogen) atoms. The average Bonchev–Trinajstić information content (AvgIpc) is 3.73. The second-order valence-electron chi connectivity index (χ2n) is 15.2. The molecular formula is C41H46FN3O4. The van der Waals surface area contributed by atoms with E-state index in [1.54, 1.807) is 42.3 Å². The van der Waals surface area contributed by atoms with Crippen LogP contribution in [0.15, 0.2) is 48.5 Å². The van der Waals surface area contributed by atoms with E-state index in [4.69, 9.17) is 11.2 Å². The number of methoxy groups -OCH3 is 1. The van der Waals surface area contributed by atoms with Crippen molar-refractivity contribution in [2.45, 2.75) is 75.9 Å². The maximum absolute atomic E-state index is 14.5. The van der Waals surface area contributed by atoms with Crippen molar-refractivity contribution in [2.24, 2.45) is 17.3 Å². The van der Waals surface area contributed by atoms with Crippen LogP contribution in [-0.2, 0) is 11.2 Å². The minimum Gasteiger partial charge on any atom is -0.495 e. The summed E-state index contributed by atoms with van der Waals surface area (Å²) in [7, 11) is 1.73. The SMILES string of the molecule is C#C[C@@]1(O)CC[C@H]2[C@@H]3CCc4cc(OC)c(N5CCN(C(=O)[C@@H]6CCCN6C(=O)c6ccc(F)c7ccccc67)CC5)cc4[C@H]3CC[C@@]21C. The van der Waals surface area contributed by atoms with Crippen LogP contribution in [0.5, 0.6) is 5.75 Å². The van der Waals surface area contributed by atoms with Gasteiger partial charge in [0.15, 0.2) is 0 Å². The van der Waals surface area contributed by atoms with Gasteiger partial charge in [0.05, 0.1) is 12.8 Å². The number of hydrogen-bond acceptors (Lipinski definition) is 5. The van der Waals surface area contributed by atoms with Crippen LogP contribution in [0, 0.1) is 35.4 Å². The third-order valence-corrected chi connectivity index (χ3v) is 13.2. The lowest BCUT2D eigenvalue weighted by Crippen LogP contribution is -2.54. The molecule has 2 saturated heterocycles. The Morgan fingerprint density at radius 3 is 2.51 bits per heavy atom. The summed E-state index contributed by atoms with van der Waals surface area (Å²) in [5.74, 6) is 4.45. The summed E-state index contributed by atoms with van der Waals surface area (Å²) < 4.78 is 20.5. The number of halogens is 1. The van der Waals surface area contributed by atoms with Crippen molar-refractivity contribution in [1.29, 1.82) is 0 Å². The summed E-state index contributed by atoms with van der Waals surface area (Å²) in [4.78, 5) is 33.7. The van der Waals surface area contributed by atoms with E-state index in [1.165, 1.54) is 17.2 Å². The van der Waals surface area contributed by atoms with Gasteiger partial charge in [0.25, 0.3) is 5.91 Å². The molecule has 7 nitrogen and oxygen atoms in total. The fourth-order valence-electron chi connectivity index (χ4n) is 10.5. The first-order valence-corrected chi connectivity index (χ1v) is 18.1. The van der Waals surface area contributed by atoms with Gasteiger partial charge < -0.3 is 24.5 Å². The maximum Gasteiger partial charge on any atom is 0.255 e. The number of ether oxygens (including phenoxy) is 1. The number of carbonyl (C=O) groups is 2. The van der Waals surface area contributed by atoms with Crippen molar-refractivity contribution >= 4 is 28.3 Å². The second kappa shape index (κ2) is 12.1. The molecule has 256 valence electrons. The van der Waals surface area contributed by atoms with Crippen LogP contribution in [-0.4, -0.2) is 78.2 Å². The molecule has 6 atom stereocenters. The highest BCUT2D eigenvalue weighted by Gasteiger charge is 2.61. The van der Waals surface area contributed by atoms with Crippen molar-refractivity contribution in [3.8, 4) is 18.1 Å². The molecule has 3 aromatic rings. The zero-order valence-electron chi connectivity index (χ0n) is 28.6. The van der Waals surface area contributed by atoms with Gasteiger partial charge in [-0.2, -0.15) is 0 Å². The summed E-state index contributed by atoms with van der Waals surface area (Å²) in [6.07, 6.45) is 13.0. The molecule has 2 aliphatic heterocycles. The van der Waals surface area contributed by atoms with Crippen LogP contribution in [0.3, 0.4) is 0 Å². The van der Waals surface area contributed by atoms with Crippen molar-refractivity contribution in [3.05, 3.63) is 71.0 Å². The summed E-state index contributed by atoms with van der Waals surface area (Å²) in [5, 5.41) is 12.4. The molecule has 3 aliphatic carbocycles. The van der Waals surface area contributed by atoms with E-state index in [9.17, 15) is 19.1 Å². The normalized spacial score (nSPS) is 30.8. The molecule has 8 heteroatoms. The van der Waals surface area contributed by atoms with Gasteiger partial charge in [-0.3, -0.25) is 9.59 Å². The monoisotopic (exact) mass is 663 g/mol. The van der Waals surface area contributed by atoms with E-state index in [-0.39, 0.29) is 23.0 Å². The number of terminal acetylenes is 1. The van der Waals surface area contributed by atoms with Gasteiger partial charge in [-0.25, -0.2) is 4.39 Å². The summed E-state index contributed by atoms with van der Waals surface area (Å²) in [5.41, 5.74) is 3.05. The number of nitrogens with zero attached hydrogens (tertiary/aromatic N) is 3. The standard InChI is InChI=1S/C41H46FN3O4/c1-4-41(48)18-16-33-29-12-11-26-24-37(49-3)36(25-32(26)28(29)15-17-40(33,41)2)43-20-22-44(23-21-43)39(47)35-10-7-19-45(35)38(46)31-13-14-34(42)30-9-6-5-8-27(30)31/h1,5-6,8-9,13-14,24-25,28-29,33,35,48H,7,10-12,15-23H2,2-3H3/t28-,29+,33-,35-,40-,41+/m0/s1. The number of hydrogen-bond donors (Lipinski definition) is 1. The van der Waals surface area contributed by atoms with Crippen molar-refractivity contribution in [1.82, 2.24) is 9.80 Å². The fraction of sp³-hybridized carbons (Fsp3) is 0.512. The largest absolute Gasteiger partial charge is 0.495 e. The highest BCUT2D eigenvalue weighted by atomic mass is 19.1. The number of carbonyl (C=O) groups excluding carboxylic acids is 2. The predicted molar refractivity (Wildman–Crippen MR) is 188 cm³/mol. The van der Waals surface area contributed by atoms with Gasteiger partial charge in [0, 0.05) is 49.1 Å². The molecule has 0 spiro atoms. The third kappa shape index (κ3) is 4.94. The first-order chi connectivity index (χ1) is 23.7. The number of piperazine rings is 1. The van der Waals surface area contributed by atoms with Gasteiger partial charge in [-0.1, -0.05) is 37.1 Å². The summed E-state index contributed by atoms with van der Waals surface area (Å²) in [6.45, 7) is 5.21. The molecular weight excluding hydrogens is 617 g/mol. The van der Waals surface area contributed by atoms with Crippen molar-refractivity contribution < 1.29 is 23.8 Å². The van der Waals surface area contributed by atoms with E-state index in [0.29, 0.717) is 79.7 Å². The second-order valence-corrected chi connectivity index (χ2v) is 15.2. The summed E-state index contributed by atoms with van der Waals surface area (Å²) in [6, 6.07) is 14.0. The quantitative estimate of drug-likeness (QED) is 0.339. The average molecular weight is 664 g/mol. The molecule has 2 heterocycles. The lowest BCUT2D eigenvalue weighted by atomic mass is 9.53. The Balaban J connectivity index is 0.982. The number of likely N-dealkylation sites (tertiary alicyclic amines) is 1. The number of benzene rings is 3. The first-order valence-electron chi connectivity index (χ1n) is 18.1.